The minimum absolute atomic E-state index is 0.637. The first-order valence-electron chi connectivity index (χ1n) is 5.54. The van der Waals surface area contributed by atoms with Crippen LogP contribution in [0.2, 0.25) is 0 Å². The van der Waals surface area contributed by atoms with E-state index in [1.54, 1.807) is 0 Å². The lowest BCUT2D eigenvalue weighted by atomic mass is 10.1. The lowest BCUT2D eigenvalue weighted by molar-refractivity contribution is 0.500. The average molecular weight is 243 g/mol. The van der Waals surface area contributed by atoms with Crippen LogP contribution in [0.1, 0.15) is 25.1 Å². The van der Waals surface area contributed by atoms with Crippen molar-refractivity contribution in [3.05, 3.63) is 22.4 Å². The lowest BCUT2D eigenvalue weighted by Gasteiger charge is -2.18. The van der Waals surface area contributed by atoms with Crippen molar-refractivity contribution in [2.75, 3.05) is 12.8 Å². The van der Waals surface area contributed by atoms with Gasteiger partial charge in [-0.25, -0.2) is 0 Å². The molecule has 0 saturated carbocycles. The van der Waals surface area contributed by atoms with Crippen molar-refractivity contribution in [3.63, 3.8) is 0 Å². The molecular weight excluding hydrogens is 222 g/mol. The molecule has 0 amide bonds. The maximum atomic E-state index is 3.64. The molecule has 0 radical (unpaired) electrons. The largest absolute Gasteiger partial charge is 0.313 e. The Morgan fingerprint density at radius 2 is 2.33 bits per heavy atom. The summed E-state index contributed by atoms with van der Waals surface area (Å²) in [7, 11) is 0. The van der Waals surface area contributed by atoms with Crippen molar-refractivity contribution < 1.29 is 0 Å². The van der Waals surface area contributed by atoms with Gasteiger partial charge in [-0.05, 0) is 30.5 Å². The number of thioether (sulfide) groups is 1. The van der Waals surface area contributed by atoms with Crippen molar-refractivity contribution in [2.45, 2.75) is 38.0 Å². The summed E-state index contributed by atoms with van der Waals surface area (Å²) < 4.78 is 0. The molecule has 3 heteroatoms. The summed E-state index contributed by atoms with van der Waals surface area (Å²) in [6, 6.07) is 5.00. The van der Waals surface area contributed by atoms with Gasteiger partial charge in [-0.2, -0.15) is 11.8 Å². The van der Waals surface area contributed by atoms with Gasteiger partial charge >= 0.3 is 0 Å². The summed E-state index contributed by atoms with van der Waals surface area (Å²) in [4.78, 5) is 1.49. The van der Waals surface area contributed by atoms with E-state index in [1.807, 2.05) is 23.1 Å². The quantitative estimate of drug-likeness (QED) is 0.787. The molecule has 0 saturated heterocycles. The Bertz CT molecular complexity index is 246. The van der Waals surface area contributed by atoms with Crippen LogP contribution in [0.15, 0.2) is 17.5 Å². The van der Waals surface area contributed by atoms with Crippen LogP contribution >= 0.6 is 23.1 Å². The molecule has 1 rings (SSSR count). The Balaban J connectivity index is 2.30. The highest BCUT2D eigenvalue weighted by Crippen LogP contribution is 2.13. The van der Waals surface area contributed by atoms with Gasteiger partial charge in [0.05, 0.1) is 0 Å². The highest BCUT2D eigenvalue weighted by Gasteiger charge is 2.08. The summed E-state index contributed by atoms with van der Waals surface area (Å²) in [5.74, 6) is 0. The van der Waals surface area contributed by atoms with Gasteiger partial charge in [0.2, 0.25) is 0 Å². The molecule has 1 aromatic heterocycles. The van der Waals surface area contributed by atoms with Crippen molar-refractivity contribution in [2.24, 2.45) is 0 Å². The fraction of sp³-hybridized carbons (Fsp3) is 0.667. The summed E-state index contributed by atoms with van der Waals surface area (Å²) >= 11 is 3.79. The van der Waals surface area contributed by atoms with Gasteiger partial charge in [-0.15, -0.1) is 11.3 Å². The molecular formula is C12H21NS2. The molecule has 1 heterocycles. The third kappa shape index (κ3) is 5.05. The highest BCUT2D eigenvalue weighted by atomic mass is 32.2. The zero-order valence-corrected chi connectivity index (χ0v) is 11.5. The summed E-state index contributed by atoms with van der Waals surface area (Å²) in [6.45, 7) is 5.65. The van der Waals surface area contributed by atoms with Crippen LogP contribution in [-0.2, 0) is 6.42 Å². The molecule has 0 aliphatic heterocycles. The van der Waals surface area contributed by atoms with Crippen LogP contribution in [0.4, 0.5) is 0 Å². The molecule has 86 valence electrons. The first-order chi connectivity index (χ1) is 7.26. The minimum atomic E-state index is 0.637. The first kappa shape index (κ1) is 13.1. The van der Waals surface area contributed by atoms with Gasteiger partial charge in [0.25, 0.3) is 0 Å². The zero-order valence-electron chi connectivity index (χ0n) is 9.82. The summed E-state index contributed by atoms with van der Waals surface area (Å²) in [5, 5.41) is 6.51. The molecule has 0 spiro atoms. The Kier molecular flexibility index (Phi) is 6.37. The number of rotatable bonds is 7. The molecule has 1 N–H and O–H groups in total. The third-order valence-corrected chi connectivity index (χ3v) is 4.49. The van der Waals surface area contributed by atoms with E-state index in [0.717, 1.165) is 6.54 Å². The van der Waals surface area contributed by atoms with E-state index < -0.39 is 0 Å². The molecule has 15 heavy (non-hydrogen) atoms. The summed E-state index contributed by atoms with van der Waals surface area (Å²) in [6.07, 6.45) is 4.56. The Morgan fingerprint density at radius 3 is 2.87 bits per heavy atom. The Labute approximate surface area is 102 Å². The molecule has 0 aromatic carbocycles. The van der Waals surface area contributed by atoms with Gasteiger partial charge in [0.15, 0.2) is 0 Å². The maximum absolute atomic E-state index is 3.64. The number of thiophene rings is 1. The molecule has 0 bridgehead atoms. The second kappa shape index (κ2) is 7.31. The molecule has 0 aliphatic carbocycles. The van der Waals surface area contributed by atoms with Crippen molar-refractivity contribution in [1.29, 1.82) is 0 Å². The Morgan fingerprint density at radius 1 is 1.53 bits per heavy atom. The second-order valence-corrected chi connectivity index (χ2v) is 6.15. The van der Waals surface area contributed by atoms with Crippen LogP contribution in [0, 0.1) is 0 Å². The van der Waals surface area contributed by atoms with Crippen molar-refractivity contribution in [3.8, 4) is 0 Å². The van der Waals surface area contributed by atoms with Crippen molar-refractivity contribution in [1.82, 2.24) is 5.32 Å². The standard InChI is InChI=1S/C12H21NS2/c1-4-11(13-9-10(2)14-3)8-12-6-5-7-15-12/h5-7,10-11,13H,4,8-9H2,1-3H3. The minimum Gasteiger partial charge on any atom is -0.313 e. The monoisotopic (exact) mass is 243 g/mol. The lowest BCUT2D eigenvalue weighted by Crippen LogP contribution is -2.34. The summed E-state index contributed by atoms with van der Waals surface area (Å²) in [5.41, 5.74) is 0. The number of hydrogen-bond donors (Lipinski definition) is 1. The maximum Gasteiger partial charge on any atom is 0.0141 e. The van der Waals surface area contributed by atoms with Crippen LogP contribution in [0.5, 0.6) is 0 Å². The van der Waals surface area contributed by atoms with E-state index in [1.165, 1.54) is 17.7 Å². The molecule has 1 nitrogen and oxygen atoms in total. The predicted molar refractivity (Wildman–Crippen MR) is 73.1 cm³/mol. The molecule has 0 fully saturated rings. The van der Waals surface area contributed by atoms with Gasteiger partial charge in [-0.1, -0.05) is 19.9 Å². The second-order valence-electron chi connectivity index (χ2n) is 3.84. The van der Waals surface area contributed by atoms with E-state index in [0.29, 0.717) is 11.3 Å². The van der Waals surface area contributed by atoms with Crippen LogP contribution < -0.4 is 5.32 Å². The van der Waals surface area contributed by atoms with E-state index in [4.69, 9.17) is 0 Å². The third-order valence-electron chi connectivity index (χ3n) is 2.62. The number of nitrogens with one attached hydrogen (secondary N) is 1. The molecule has 1 aromatic rings. The van der Waals surface area contributed by atoms with E-state index >= 15 is 0 Å². The van der Waals surface area contributed by atoms with Crippen LogP contribution in [-0.4, -0.2) is 24.1 Å². The molecule has 0 aliphatic rings. The first-order valence-corrected chi connectivity index (χ1v) is 7.71. The Hall–Kier alpha value is 0.01000. The topological polar surface area (TPSA) is 12.0 Å². The smallest absolute Gasteiger partial charge is 0.0141 e. The fourth-order valence-corrected chi connectivity index (χ4v) is 2.50. The van der Waals surface area contributed by atoms with Crippen molar-refractivity contribution >= 4 is 23.1 Å². The molecule has 2 unspecified atom stereocenters. The average Bonchev–Trinajstić information content (AvgIpc) is 2.76. The SMILES string of the molecule is CCC(Cc1cccs1)NCC(C)SC. The van der Waals surface area contributed by atoms with Crippen LogP contribution in [0.25, 0.3) is 0 Å². The predicted octanol–water partition coefficient (Wildman–Crippen LogP) is 3.41. The van der Waals surface area contributed by atoms with Gasteiger partial charge in [0, 0.05) is 22.7 Å². The van der Waals surface area contributed by atoms with Gasteiger partial charge in [-0.3, -0.25) is 0 Å². The fourth-order valence-electron chi connectivity index (χ4n) is 1.45. The zero-order chi connectivity index (χ0) is 11.1. The highest BCUT2D eigenvalue weighted by molar-refractivity contribution is 7.99. The van der Waals surface area contributed by atoms with Gasteiger partial charge < -0.3 is 5.32 Å². The normalized spacial score (nSPS) is 15.1. The van der Waals surface area contributed by atoms with E-state index in [-0.39, 0.29) is 0 Å². The number of hydrogen-bond acceptors (Lipinski definition) is 3. The van der Waals surface area contributed by atoms with E-state index in [9.17, 15) is 0 Å². The van der Waals surface area contributed by atoms with Crippen LogP contribution in [0.3, 0.4) is 0 Å². The van der Waals surface area contributed by atoms with Gasteiger partial charge in [0.1, 0.15) is 0 Å². The molecule has 2 atom stereocenters. The van der Waals surface area contributed by atoms with E-state index in [2.05, 4.69) is 42.9 Å².